The van der Waals surface area contributed by atoms with Crippen LogP contribution in [0.3, 0.4) is 0 Å². The van der Waals surface area contributed by atoms with E-state index >= 15 is 0 Å². The first-order chi connectivity index (χ1) is 14.4. The van der Waals surface area contributed by atoms with Crippen LogP contribution >= 0.6 is 0 Å². The van der Waals surface area contributed by atoms with Gasteiger partial charge in [0.1, 0.15) is 17.2 Å². The summed E-state index contributed by atoms with van der Waals surface area (Å²) < 4.78 is 51.9. The molecule has 0 unspecified atom stereocenters. The monoisotopic (exact) mass is 417 g/mol. The molecular formula is C23H22F3NO3. The van der Waals surface area contributed by atoms with E-state index in [1.807, 2.05) is 48.5 Å². The molecule has 0 radical (unpaired) electrons. The maximum Gasteiger partial charge on any atom is 0.573 e. The van der Waals surface area contributed by atoms with Crippen LogP contribution in [0.5, 0.6) is 17.2 Å². The van der Waals surface area contributed by atoms with Crippen molar-refractivity contribution in [3.63, 3.8) is 0 Å². The van der Waals surface area contributed by atoms with Crippen LogP contribution in [-0.2, 0) is 0 Å². The van der Waals surface area contributed by atoms with Crippen molar-refractivity contribution in [2.24, 2.45) is 0 Å². The number of methoxy groups -OCH3 is 1. The Balaban J connectivity index is 1.60. The number of nitrogens with one attached hydrogen (secondary N) is 1. The van der Waals surface area contributed by atoms with Gasteiger partial charge in [0.25, 0.3) is 0 Å². The average Bonchev–Trinajstić information content (AvgIpc) is 2.73. The lowest BCUT2D eigenvalue weighted by molar-refractivity contribution is -0.274. The van der Waals surface area contributed by atoms with Crippen molar-refractivity contribution in [1.29, 1.82) is 0 Å². The zero-order valence-electron chi connectivity index (χ0n) is 16.4. The molecule has 3 aromatic carbocycles. The van der Waals surface area contributed by atoms with Crippen molar-refractivity contribution < 1.29 is 27.4 Å². The van der Waals surface area contributed by atoms with Crippen molar-refractivity contribution >= 4 is 5.69 Å². The van der Waals surface area contributed by atoms with Gasteiger partial charge in [0.15, 0.2) is 0 Å². The predicted molar refractivity (Wildman–Crippen MR) is 110 cm³/mol. The van der Waals surface area contributed by atoms with Crippen LogP contribution in [0.1, 0.15) is 6.42 Å². The Morgan fingerprint density at radius 1 is 0.833 bits per heavy atom. The van der Waals surface area contributed by atoms with Crippen molar-refractivity contribution in [2.45, 2.75) is 12.8 Å². The van der Waals surface area contributed by atoms with Crippen molar-refractivity contribution in [2.75, 3.05) is 25.6 Å². The van der Waals surface area contributed by atoms with Gasteiger partial charge in [-0.05, 0) is 53.9 Å². The molecule has 0 aliphatic carbocycles. The number of hydrogen-bond donors (Lipinski definition) is 1. The third-order valence-corrected chi connectivity index (χ3v) is 4.27. The minimum atomic E-state index is -4.71. The number of para-hydroxylation sites is 1. The topological polar surface area (TPSA) is 39.7 Å². The Labute approximate surface area is 173 Å². The number of hydrogen-bond acceptors (Lipinski definition) is 4. The van der Waals surface area contributed by atoms with Gasteiger partial charge in [0.05, 0.1) is 19.4 Å². The molecule has 3 aromatic rings. The zero-order chi connectivity index (χ0) is 21.4. The minimum Gasteiger partial charge on any atom is -0.495 e. The first kappa shape index (κ1) is 21.4. The molecule has 30 heavy (non-hydrogen) atoms. The van der Waals surface area contributed by atoms with Crippen molar-refractivity contribution in [1.82, 2.24) is 0 Å². The molecule has 0 fully saturated rings. The van der Waals surface area contributed by atoms with E-state index in [4.69, 9.17) is 9.47 Å². The molecule has 7 heteroatoms. The van der Waals surface area contributed by atoms with Crippen molar-refractivity contribution in [3.8, 4) is 28.4 Å². The van der Waals surface area contributed by atoms with Crippen LogP contribution in [0, 0.1) is 0 Å². The second kappa shape index (κ2) is 9.91. The molecule has 0 spiro atoms. The first-order valence-corrected chi connectivity index (χ1v) is 9.40. The van der Waals surface area contributed by atoms with Crippen LogP contribution in [0.15, 0.2) is 72.8 Å². The van der Waals surface area contributed by atoms with E-state index in [1.54, 1.807) is 19.2 Å². The van der Waals surface area contributed by atoms with Crippen molar-refractivity contribution in [3.05, 3.63) is 72.8 Å². The summed E-state index contributed by atoms with van der Waals surface area (Å²) in [6.07, 6.45) is -3.92. The highest BCUT2D eigenvalue weighted by Crippen LogP contribution is 2.32. The van der Waals surface area contributed by atoms with Gasteiger partial charge >= 0.3 is 6.36 Å². The Morgan fingerprint density at radius 2 is 1.53 bits per heavy atom. The van der Waals surface area contributed by atoms with E-state index in [2.05, 4.69) is 10.1 Å². The number of benzene rings is 3. The summed E-state index contributed by atoms with van der Waals surface area (Å²) in [6.45, 7) is 1.24. The van der Waals surface area contributed by atoms with Crippen LogP contribution in [0.4, 0.5) is 18.9 Å². The van der Waals surface area contributed by atoms with E-state index in [1.165, 1.54) is 12.1 Å². The maximum atomic E-state index is 12.3. The molecule has 1 N–H and O–H groups in total. The minimum absolute atomic E-state index is 0.253. The zero-order valence-corrected chi connectivity index (χ0v) is 16.4. The standard InChI is InChI=1S/C23H22F3NO3/c1-28-22-13-10-18(17-8-11-20(12-9-17)30-23(24,25)26)16-21(22)27-14-5-15-29-19-6-3-2-4-7-19/h2-4,6-13,16,27H,5,14-15H2,1H3. The average molecular weight is 417 g/mol. The SMILES string of the molecule is COc1ccc(-c2ccc(OC(F)(F)F)cc2)cc1NCCCOc1ccccc1. The van der Waals surface area contributed by atoms with Gasteiger partial charge in [-0.3, -0.25) is 0 Å². The number of halogens is 3. The summed E-state index contributed by atoms with van der Waals surface area (Å²) in [5, 5.41) is 3.32. The summed E-state index contributed by atoms with van der Waals surface area (Å²) in [4.78, 5) is 0. The molecule has 0 amide bonds. The molecule has 4 nitrogen and oxygen atoms in total. The third kappa shape index (κ3) is 6.34. The quantitative estimate of drug-likeness (QED) is 0.425. The lowest BCUT2D eigenvalue weighted by atomic mass is 10.0. The molecule has 3 rings (SSSR count). The second-order valence-electron chi connectivity index (χ2n) is 6.43. The largest absolute Gasteiger partial charge is 0.573 e. The molecule has 0 saturated carbocycles. The fourth-order valence-corrected chi connectivity index (χ4v) is 2.88. The Kier molecular flexibility index (Phi) is 7.06. The lowest BCUT2D eigenvalue weighted by Gasteiger charge is -2.14. The van der Waals surface area contributed by atoms with E-state index in [0.29, 0.717) is 18.9 Å². The third-order valence-electron chi connectivity index (χ3n) is 4.27. The molecule has 0 aliphatic heterocycles. The summed E-state index contributed by atoms with van der Waals surface area (Å²) in [5.74, 6) is 1.26. The smallest absolute Gasteiger partial charge is 0.495 e. The summed E-state index contributed by atoms with van der Waals surface area (Å²) >= 11 is 0. The number of alkyl halides is 3. The predicted octanol–water partition coefficient (Wildman–Crippen LogP) is 6.14. The molecule has 0 aromatic heterocycles. The van der Waals surface area contributed by atoms with E-state index in [-0.39, 0.29) is 5.75 Å². The van der Waals surface area contributed by atoms with Gasteiger partial charge in [0.2, 0.25) is 0 Å². The number of rotatable bonds is 9. The maximum absolute atomic E-state index is 12.3. The van der Waals surface area contributed by atoms with Gasteiger partial charge in [-0.25, -0.2) is 0 Å². The fraction of sp³-hybridized carbons (Fsp3) is 0.217. The summed E-state index contributed by atoms with van der Waals surface area (Å²) in [7, 11) is 1.59. The van der Waals surface area contributed by atoms with Crippen LogP contribution in [0.2, 0.25) is 0 Å². The number of anilines is 1. The molecule has 0 atom stereocenters. The second-order valence-corrected chi connectivity index (χ2v) is 6.43. The van der Waals surface area contributed by atoms with E-state index < -0.39 is 6.36 Å². The van der Waals surface area contributed by atoms with Gasteiger partial charge in [-0.2, -0.15) is 0 Å². The molecular weight excluding hydrogens is 395 g/mol. The molecule has 0 bridgehead atoms. The van der Waals surface area contributed by atoms with Crippen LogP contribution in [0.25, 0.3) is 11.1 Å². The van der Waals surface area contributed by atoms with Crippen LogP contribution < -0.4 is 19.5 Å². The summed E-state index contributed by atoms with van der Waals surface area (Å²) in [5.41, 5.74) is 2.41. The summed E-state index contributed by atoms with van der Waals surface area (Å²) in [6, 6.07) is 20.9. The Hall–Kier alpha value is -3.35. The van der Waals surface area contributed by atoms with E-state index in [0.717, 1.165) is 29.0 Å². The Morgan fingerprint density at radius 3 is 2.20 bits per heavy atom. The first-order valence-electron chi connectivity index (χ1n) is 9.40. The molecule has 158 valence electrons. The highest BCUT2D eigenvalue weighted by atomic mass is 19.4. The van der Waals surface area contributed by atoms with Crippen LogP contribution in [-0.4, -0.2) is 26.6 Å². The van der Waals surface area contributed by atoms with Gasteiger partial charge in [-0.1, -0.05) is 36.4 Å². The molecule has 0 saturated heterocycles. The normalized spacial score (nSPS) is 11.1. The van der Waals surface area contributed by atoms with Gasteiger partial charge < -0.3 is 19.5 Å². The highest BCUT2D eigenvalue weighted by molar-refractivity contribution is 5.72. The molecule has 0 heterocycles. The highest BCUT2D eigenvalue weighted by Gasteiger charge is 2.30. The fourth-order valence-electron chi connectivity index (χ4n) is 2.88. The lowest BCUT2D eigenvalue weighted by Crippen LogP contribution is -2.16. The number of ether oxygens (including phenoxy) is 3. The van der Waals surface area contributed by atoms with Gasteiger partial charge in [0, 0.05) is 6.54 Å². The van der Waals surface area contributed by atoms with Gasteiger partial charge in [-0.15, -0.1) is 13.2 Å². The Bertz CT molecular complexity index is 929. The van der Waals surface area contributed by atoms with E-state index in [9.17, 15) is 13.2 Å². The molecule has 0 aliphatic rings.